The highest BCUT2D eigenvalue weighted by Crippen LogP contribution is 2.29. The number of hydrogen-bond acceptors (Lipinski definition) is 2. The van der Waals surface area contributed by atoms with Crippen molar-refractivity contribution in [1.29, 1.82) is 0 Å². The van der Waals surface area contributed by atoms with E-state index in [-0.39, 0.29) is 0 Å². The van der Waals surface area contributed by atoms with Gasteiger partial charge in [-0.25, -0.2) is 4.98 Å². The van der Waals surface area contributed by atoms with Gasteiger partial charge in [0.1, 0.15) is 11.6 Å². The summed E-state index contributed by atoms with van der Waals surface area (Å²) in [5.74, 6) is 1.96. The second kappa shape index (κ2) is 5.70. The summed E-state index contributed by atoms with van der Waals surface area (Å²) in [5.41, 5.74) is 4.13. The predicted molar refractivity (Wildman–Crippen MR) is 89.6 cm³/mol. The van der Waals surface area contributed by atoms with Crippen molar-refractivity contribution in [1.82, 2.24) is 9.55 Å². The molecule has 0 amide bonds. The van der Waals surface area contributed by atoms with Gasteiger partial charge in [-0.3, -0.25) is 4.57 Å². The molecule has 0 aliphatic carbocycles. The van der Waals surface area contributed by atoms with E-state index >= 15 is 0 Å². The summed E-state index contributed by atoms with van der Waals surface area (Å²) in [6.07, 6.45) is 0. The first-order valence-corrected chi connectivity index (χ1v) is 7.85. The van der Waals surface area contributed by atoms with Crippen molar-refractivity contribution >= 4 is 38.6 Å². The van der Waals surface area contributed by atoms with Crippen LogP contribution in [0.5, 0.6) is 5.75 Å². The minimum absolute atomic E-state index is 0.350. The van der Waals surface area contributed by atoms with Crippen molar-refractivity contribution in [3.8, 4) is 11.4 Å². The number of fused-ring (bicyclic) bond motifs is 1. The second-order valence-electron chi connectivity index (χ2n) is 4.74. The van der Waals surface area contributed by atoms with Crippen LogP contribution in [0.15, 0.2) is 40.9 Å². The third-order valence-electron chi connectivity index (χ3n) is 3.53. The van der Waals surface area contributed by atoms with E-state index in [1.165, 1.54) is 0 Å². The van der Waals surface area contributed by atoms with Crippen LogP contribution >= 0.6 is 27.5 Å². The lowest BCUT2D eigenvalue weighted by Gasteiger charge is -2.12. The SMILES string of the molecule is COc1ccc2c(c1)nc(CCl)n2-c1cccc(Br)c1C. The number of aromatic nitrogens is 2. The van der Waals surface area contributed by atoms with Gasteiger partial charge in [0.25, 0.3) is 0 Å². The number of alkyl halides is 1. The number of imidazole rings is 1. The molecule has 3 nitrogen and oxygen atoms in total. The van der Waals surface area contributed by atoms with Crippen LogP contribution in [0.1, 0.15) is 11.4 Å². The Balaban J connectivity index is 2.32. The summed E-state index contributed by atoms with van der Waals surface area (Å²) in [4.78, 5) is 4.62. The van der Waals surface area contributed by atoms with E-state index in [9.17, 15) is 0 Å². The molecule has 2 aromatic carbocycles. The largest absolute Gasteiger partial charge is 0.497 e. The summed E-state index contributed by atoms with van der Waals surface area (Å²) < 4.78 is 8.43. The maximum absolute atomic E-state index is 6.09. The topological polar surface area (TPSA) is 27.1 Å². The fraction of sp³-hybridized carbons (Fsp3) is 0.188. The zero-order chi connectivity index (χ0) is 15.0. The lowest BCUT2D eigenvalue weighted by molar-refractivity contribution is 0.415. The van der Waals surface area contributed by atoms with Crippen molar-refractivity contribution in [3.63, 3.8) is 0 Å². The van der Waals surface area contributed by atoms with Gasteiger partial charge in [-0.2, -0.15) is 0 Å². The highest BCUT2D eigenvalue weighted by molar-refractivity contribution is 9.10. The molecular formula is C16H14BrClN2O. The van der Waals surface area contributed by atoms with Crippen LogP contribution in [0.4, 0.5) is 0 Å². The fourth-order valence-electron chi connectivity index (χ4n) is 2.43. The average molecular weight is 366 g/mol. The summed E-state index contributed by atoms with van der Waals surface area (Å²) >= 11 is 9.67. The number of rotatable bonds is 3. The van der Waals surface area contributed by atoms with Gasteiger partial charge in [-0.15, -0.1) is 11.6 Å². The Hall–Kier alpha value is -1.52. The zero-order valence-corrected chi connectivity index (χ0v) is 14.1. The van der Waals surface area contributed by atoms with Gasteiger partial charge in [0, 0.05) is 10.5 Å². The molecule has 0 N–H and O–H groups in total. The molecule has 0 aliphatic heterocycles. The van der Waals surface area contributed by atoms with Crippen molar-refractivity contribution in [3.05, 3.63) is 52.3 Å². The molecule has 5 heteroatoms. The molecule has 0 radical (unpaired) electrons. The maximum atomic E-state index is 6.09. The van der Waals surface area contributed by atoms with Crippen LogP contribution in [0.3, 0.4) is 0 Å². The third kappa shape index (κ3) is 2.43. The molecule has 21 heavy (non-hydrogen) atoms. The molecule has 0 atom stereocenters. The molecule has 0 unspecified atom stereocenters. The van der Waals surface area contributed by atoms with Gasteiger partial charge in [-0.1, -0.05) is 22.0 Å². The molecule has 0 aliphatic rings. The van der Waals surface area contributed by atoms with E-state index in [4.69, 9.17) is 16.3 Å². The van der Waals surface area contributed by atoms with E-state index in [1.807, 2.05) is 30.3 Å². The van der Waals surface area contributed by atoms with Crippen LogP contribution in [0.25, 0.3) is 16.7 Å². The molecule has 1 aromatic heterocycles. The van der Waals surface area contributed by atoms with Gasteiger partial charge in [-0.05, 0) is 36.8 Å². The Kier molecular flexibility index (Phi) is 3.91. The summed E-state index contributed by atoms with van der Waals surface area (Å²) in [6.45, 7) is 2.08. The number of benzene rings is 2. The maximum Gasteiger partial charge on any atom is 0.129 e. The summed E-state index contributed by atoms with van der Waals surface area (Å²) in [7, 11) is 1.65. The standard InChI is InChI=1S/C16H14BrClN2O/c1-10-12(17)4-3-5-14(10)20-15-7-6-11(21-2)8-13(15)19-16(20)9-18/h3-8H,9H2,1-2H3. The smallest absolute Gasteiger partial charge is 0.129 e. The van der Waals surface area contributed by atoms with Crippen molar-refractivity contribution in [2.24, 2.45) is 0 Å². The minimum atomic E-state index is 0.350. The number of ether oxygens (including phenoxy) is 1. The molecular weight excluding hydrogens is 352 g/mol. The molecule has 0 saturated carbocycles. The van der Waals surface area contributed by atoms with Gasteiger partial charge in [0.05, 0.1) is 29.7 Å². The van der Waals surface area contributed by atoms with Crippen LogP contribution in [-0.4, -0.2) is 16.7 Å². The van der Waals surface area contributed by atoms with E-state index in [0.717, 1.165) is 38.3 Å². The van der Waals surface area contributed by atoms with Crippen LogP contribution in [-0.2, 0) is 5.88 Å². The molecule has 0 fully saturated rings. The Bertz CT molecular complexity index is 813. The lowest BCUT2D eigenvalue weighted by atomic mass is 10.2. The monoisotopic (exact) mass is 364 g/mol. The molecule has 0 saturated heterocycles. The molecule has 1 heterocycles. The first-order chi connectivity index (χ1) is 10.2. The normalized spacial score (nSPS) is 11.0. The van der Waals surface area contributed by atoms with Gasteiger partial charge >= 0.3 is 0 Å². The second-order valence-corrected chi connectivity index (χ2v) is 5.86. The first-order valence-electron chi connectivity index (χ1n) is 6.52. The van der Waals surface area contributed by atoms with Gasteiger partial charge in [0.15, 0.2) is 0 Å². The molecule has 3 aromatic rings. The summed E-state index contributed by atoms with van der Waals surface area (Å²) in [5, 5.41) is 0. The Morgan fingerprint density at radius 3 is 2.81 bits per heavy atom. The van der Waals surface area contributed by atoms with Crippen LogP contribution in [0, 0.1) is 6.92 Å². The zero-order valence-electron chi connectivity index (χ0n) is 11.7. The average Bonchev–Trinajstić information content (AvgIpc) is 2.87. The molecule has 0 spiro atoms. The van der Waals surface area contributed by atoms with Crippen molar-refractivity contribution in [2.75, 3.05) is 7.11 Å². The number of halogens is 2. The van der Waals surface area contributed by atoms with E-state index in [0.29, 0.717) is 5.88 Å². The number of nitrogens with zero attached hydrogens (tertiary/aromatic N) is 2. The molecule has 108 valence electrons. The Labute approximate surface area is 136 Å². The van der Waals surface area contributed by atoms with E-state index in [1.54, 1.807) is 7.11 Å². The first kappa shape index (κ1) is 14.4. The number of methoxy groups -OCH3 is 1. The molecule has 0 bridgehead atoms. The fourth-order valence-corrected chi connectivity index (χ4v) is 2.97. The van der Waals surface area contributed by atoms with Crippen LogP contribution in [0.2, 0.25) is 0 Å². The van der Waals surface area contributed by atoms with Crippen molar-refractivity contribution < 1.29 is 4.74 Å². The predicted octanol–water partition coefficient (Wildman–Crippen LogP) is 4.84. The van der Waals surface area contributed by atoms with Gasteiger partial charge in [0.2, 0.25) is 0 Å². The van der Waals surface area contributed by atoms with E-state index < -0.39 is 0 Å². The highest BCUT2D eigenvalue weighted by atomic mass is 79.9. The van der Waals surface area contributed by atoms with Crippen LogP contribution < -0.4 is 4.74 Å². The lowest BCUT2D eigenvalue weighted by Crippen LogP contribution is -2.01. The quantitative estimate of drug-likeness (QED) is 0.621. The van der Waals surface area contributed by atoms with E-state index in [2.05, 4.69) is 38.5 Å². The Morgan fingerprint density at radius 2 is 2.10 bits per heavy atom. The third-order valence-corrected chi connectivity index (χ3v) is 4.63. The minimum Gasteiger partial charge on any atom is -0.497 e. The molecule has 3 rings (SSSR count). The highest BCUT2D eigenvalue weighted by Gasteiger charge is 2.14. The van der Waals surface area contributed by atoms with Gasteiger partial charge < -0.3 is 4.74 Å². The Morgan fingerprint density at radius 1 is 1.29 bits per heavy atom. The number of hydrogen-bond donors (Lipinski definition) is 0. The van der Waals surface area contributed by atoms with Crippen molar-refractivity contribution in [2.45, 2.75) is 12.8 Å². The summed E-state index contributed by atoms with van der Waals surface area (Å²) in [6, 6.07) is 12.0.